The van der Waals surface area contributed by atoms with Crippen LogP contribution in [0.15, 0.2) is 30.5 Å². The highest BCUT2D eigenvalue weighted by Crippen LogP contribution is 2.43. The first-order chi connectivity index (χ1) is 13.6. The molecule has 1 aromatic heterocycles. The molecule has 2 amide bonds. The fourth-order valence-electron chi connectivity index (χ4n) is 4.87. The number of amides is 2. The van der Waals surface area contributed by atoms with E-state index in [0.29, 0.717) is 13.2 Å². The van der Waals surface area contributed by atoms with Gasteiger partial charge in [-0.25, -0.2) is 9.78 Å². The number of benzene rings is 1. The van der Waals surface area contributed by atoms with Gasteiger partial charge in [0.15, 0.2) is 0 Å². The molecule has 0 saturated carbocycles. The first-order valence-electron chi connectivity index (χ1n) is 10.4. The summed E-state index contributed by atoms with van der Waals surface area (Å²) < 4.78 is 7.78. The Morgan fingerprint density at radius 1 is 1.04 bits per heavy atom. The predicted molar refractivity (Wildman–Crippen MR) is 107 cm³/mol. The van der Waals surface area contributed by atoms with Crippen LogP contribution in [0.5, 0.6) is 0 Å². The Hall–Kier alpha value is -2.34. The Bertz CT molecular complexity index is 859. The molecule has 1 aromatic carbocycles. The van der Waals surface area contributed by atoms with Crippen LogP contribution < -0.4 is 0 Å². The number of hydrogen-bond acceptors (Lipinski definition) is 3. The van der Waals surface area contributed by atoms with Gasteiger partial charge in [-0.05, 0) is 30.7 Å². The Labute approximate surface area is 166 Å². The smallest absolute Gasteiger partial charge is 0.320 e. The van der Waals surface area contributed by atoms with Gasteiger partial charge in [0.2, 0.25) is 0 Å². The third-order valence-corrected chi connectivity index (χ3v) is 6.69. The summed E-state index contributed by atoms with van der Waals surface area (Å²) in [4.78, 5) is 21.5. The minimum Gasteiger partial charge on any atom is -0.378 e. The van der Waals surface area contributed by atoms with Crippen molar-refractivity contribution in [2.45, 2.75) is 32.7 Å². The summed E-state index contributed by atoms with van der Waals surface area (Å²) in [5, 5.41) is 0. The minimum atomic E-state index is 0.189. The summed E-state index contributed by atoms with van der Waals surface area (Å²) in [6.45, 7) is 7.59. The van der Waals surface area contributed by atoms with Crippen LogP contribution in [0.1, 0.15) is 24.2 Å². The van der Waals surface area contributed by atoms with Gasteiger partial charge in [-0.3, -0.25) is 0 Å². The van der Waals surface area contributed by atoms with Crippen molar-refractivity contribution in [3.63, 3.8) is 0 Å². The molecule has 0 aliphatic carbocycles. The first-order valence-corrected chi connectivity index (χ1v) is 10.4. The molecule has 0 bridgehead atoms. The number of likely N-dealkylation sites (tertiary alicyclic amines) is 1. The lowest BCUT2D eigenvalue weighted by molar-refractivity contribution is 0.0346. The molecule has 2 fully saturated rings. The lowest BCUT2D eigenvalue weighted by atomic mass is 9.77. The Morgan fingerprint density at radius 2 is 1.71 bits per heavy atom. The molecule has 1 spiro atoms. The largest absolute Gasteiger partial charge is 0.378 e. The number of imidazole rings is 1. The summed E-state index contributed by atoms with van der Waals surface area (Å²) in [6.07, 6.45) is 5.15. The van der Waals surface area contributed by atoms with E-state index in [4.69, 9.17) is 9.72 Å². The lowest BCUT2D eigenvalue weighted by Crippen LogP contribution is -2.52. The number of nitrogens with zero attached hydrogens (tertiary/aromatic N) is 4. The molecule has 5 rings (SSSR count). The molecule has 0 radical (unpaired) electrons. The number of piperidine rings is 1. The molecule has 148 valence electrons. The lowest BCUT2D eigenvalue weighted by Gasteiger charge is -2.41. The van der Waals surface area contributed by atoms with E-state index in [-0.39, 0.29) is 11.4 Å². The fraction of sp³-hybridized carbons (Fsp3) is 0.545. The van der Waals surface area contributed by atoms with Crippen molar-refractivity contribution in [3.8, 4) is 11.3 Å². The SMILES string of the molecule is Cc1ccc(-c2cnc3n2CC2(CCN(C(=O)N4CCOCC4)CC2)C3)cc1. The molecule has 3 aliphatic rings. The number of morpholine rings is 1. The maximum absolute atomic E-state index is 12.8. The molecule has 2 aromatic rings. The van der Waals surface area contributed by atoms with Gasteiger partial charge in [0, 0.05) is 39.1 Å². The summed E-state index contributed by atoms with van der Waals surface area (Å²) in [5.74, 6) is 1.20. The number of hydrogen-bond donors (Lipinski definition) is 0. The maximum atomic E-state index is 12.8. The van der Waals surface area contributed by atoms with Gasteiger partial charge in [-0.15, -0.1) is 0 Å². The van der Waals surface area contributed by atoms with Crippen molar-refractivity contribution in [1.82, 2.24) is 19.4 Å². The van der Waals surface area contributed by atoms with E-state index in [1.165, 1.54) is 22.6 Å². The second kappa shape index (κ2) is 6.92. The van der Waals surface area contributed by atoms with Crippen LogP contribution in [0.2, 0.25) is 0 Å². The highest BCUT2D eigenvalue weighted by atomic mass is 16.5. The van der Waals surface area contributed by atoms with Crippen molar-refractivity contribution in [2.24, 2.45) is 5.41 Å². The number of carbonyl (C=O) groups excluding carboxylic acids is 1. The number of fused-ring (bicyclic) bond motifs is 1. The van der Waals surface area contributed by atoms with Crippen LogP contribution in [0.4, 0.5) is 4.79 Å². The number of aromatic nitrogens is 2. The zero-order valence-corrected chi connectivity index (χ0v) is 16.6. The summed E-state index contributed by atoms with van der Waals surface area (Å²) in [6, 6.07) is 8.89. The normalized spacial score (nSPS) is 21.2. The number of aryl methyl sites for hydroxylation is 1. The summed E-state index contributed by atoms with van der Waals surface area (Å²) >= 11 is 0. The van der Waals surface area contributed by atoms with E-state index in [1.54, 1.807) is 0 Å². The Morgan fingerprint density at radius 3 is 2.43 bits per heavy atom. The van der Waals surface area contributed by atoms with Gasteiger partial charge in [0.1, 0.15) is 5.82 Å². The van der Waals surface area contributed by atoms with Crippen LogP contribution >= 0.6 is 0 Å². The van der Waals surface area contributed by atoms with E-state index < -0.39 is 0 Å². The molecule has 6 nitrogen and oxygen atoms in total. The summed E-state index contributed by atoms with van der Waals surface area (Å²) in [7, 11) is 0. The van der Waals surface area contributed by atoms with Crippen LogP contribution in [0, 0.1) is 12.3 Å². The van der Waals surface area contributed by atoms with Crippen molar-refractivity contribution in [1.29, 1.82) is 0 Å². The highest BCUT2D eigenvalue weighted by molar-refractivity contribution is 5.74. The van der Waals surface area contributed by atoms with E-state index >= 15 is 0 Å². The number of ether oxygens (including phenoxy) is 1. The van der Waals surface area contributed by atoms with Crippen molar-refractivity contribution < 1.29 is 9.53 Å². The molecular formula is C22H28N4O2. The van der Waals surface area contributed by atoms with Gasteiger partial charge < -0.3 is 19.1 Å². The van der Waals surface area contributed by atoms with Gasteiger partial charge >= 0.3 is 6.03 Å². The van der Waals surface area contributed by atoms with Crippen molar-refractivity contribution >= 4 is 6.03 Å². The highest BCUT2D eigenvalue weighted by Gasteiger charge is 2.43. The van der Waals surface area contributed by atoms with E-state index in [2.05, 4.69) is 35.8 Å². The molecule has 6 heteroatoms. The molecular weight excluding hydrogens is 352 g/mol. The second-order valence-electron chi connectivity index (χ2n) is 8.56. The van der Waals surface area contributed by atoms with Crippen molar-refractivity contribution in [2.75, 3.05) is 39.4 Å². The Balaban J connectivity index is 1.27. The fourth-order valence-corrected chi connectivity index (χ4v) is 4.87. The van der Waals surface area contributed by atoms with Gasteiger partial charge in [0.25, 0.3) is 0 Å². The van der Waals surface area contributed by atoms with E-state index in [9.17, 15) is 4.79 Å². The molecule has 0 atom stereocenters. The monoisotopic (exact) mass is 380 g/mol. The number of carbonyl (C=O) groups is 1. The second-order valence-corrected chi connectivity index (χ2v) is 8.56. The van der Waals surface area contributed by atoms with E-state index in [0.717, 1.165) is 52.0 Å². The van der Waals surface area contributed by atoms with Crippen LogP contribution in [0.25, 0.3) is 11.3 Å². The molecule has 3 aliphatic heterocycles. The predicted octanol–water partition coefficient (Wildman–Crippen LogP) is 2.95. The zero-order valence-electron chi connectivity index (χ0n) is 16.6. The van der Waals surface area contributed by atoms with Crippen LogP contribution in [-0.4, -0.2) is 64.8 Å². The minimum absolute atomic E-state index is 0.189. The number of urea groups is 1. The average molecular weight is 380 g/mol. The average Bonchev–Trinajstić information content (AvgIpc) is 3.27. The molecule has 0 unspecified atom stereocenters. The Kier molecular flexibility index (Phi) is 4.38. The zero-order chi connectivity index (χ0) is 19.1. The molecule has 2 saturated heterocycles. The van der Waals surface area contributed by atoms with Gasteiger partial charge in [-0.1, -0.05) is 29.8 Å². The van der Waals surface area contributed by atoms with Gasteiger partial charge in [0.05, 0.1) is 25.1 Å². The first kappa shape index (κ1) is 17.7. The van der Waals surface area contributed by atoms with E-state index in [1.807, 2.05) is 16.0 Å². The third kappa shape index (κ3) is 3.09. The molecule has 4 heterocycles. The van der Waals surface area contributed by atoms with Crippen molar-refractivity contribution in [3.05, 3.63) is 41.9 Å². The maximum Gasteiger partial charge on any atom is 0.320 e. The quantitative estimate of drug-likeness (QED) is 0.764. The topological polar surface area (TPSA) is 50.6 Å². The molecule has 0 N–H and O–H groups in total. The molecule has 28 heavy (non-hydrogen) atoms. The summed E-state index contributed by atoms with van der Waals surface area (Å²) in [5.41, 5.74) is 3.99. The third-order valence-electron chi connectivity index (χ3n) is 6.69. The van der Waals surface area contributed by atoms with Crippen LogP contribution in [0.3, 0.4) is 0 Å². The standard InChI is InChI=1S/C22H28N4O2/c1-17-2-4-18(5-3-17)19-15-23-20-14-22(16-26(19)20)6-8-24(9-7-22)21(27)25-10-12-28-13-11-25/h2-5,15H,6-14,16H2,1H3. The number of rotatable bonds is 1. The van der Waals surface area contributed by atoms with Crippen LogP contribution in [-0.2, 0) is 17.7 Å². The van der Waals surface area contributed by atoms with Gasteiger partial charge in [-0.2, -0.15) is 0 Å².